The van der Waals surface area contributed by atoms with Gasteiger partial charge >= 0.3 is 0 Å². The van der Waals surface area contributed by atoms with Gasteiger partial charge in [-0.05, 0) is 31.1 Å². The Bertz CT molecular complexity index is 270. The van der Waals surface area contributed by atoms with Crippen molar-refractivity contribution in [3.63, 3.8) is 0 Å². The van der Waals surface area contributed by atoms with E-state index >= 15 is 0 Å². The van der Waals surface area contributed by atoms with Gasteiger partial charge in [-0.3, -0.25) is 4.79 Å². The second-order valence-electron chi connectivity index (χ2n) is 5.89. The van der Waals surface area contributed by atoms with Crippen molar-refractivity contribution >= 4 is 5.91 Å². The van der Waals surface area contributed by atoms with Gasteiger partial charge in [-0.25, -0.2) is 0 Å². The summed E-state index contributed by atoms with van der Waals surface area (Å²) in [4.78, 5) is 14.2. The van der Waals surface area contributed by atoms with Crippen LogP contribution in [0, 0.1) is 11.3 Å². The van der Waals surface area contributed by atoms with Crippen molar-refractivity contribution in [2.45, 2.75) is 38.5 Å². The number of nitrogens with zero attached hydrogens (tertiary/aromatic N) is 1. The van der Waals surface area contributed by atoms with E-state index in [9.17, 15) is 4.79 Å². The maximum atomic E-state index is 12.1. The van der Waals surface area contributed by atoms with Crippen LogP contribution in [0.5, 0.6) is 0 Å². The molecule has 1 saturated carbocycles. The number of likely N-dealkylation sites (tertiary alicyclic amines) is 1. The molecule has 0 unspecified atom stereocenters. The van der Waals surface area contributed by atoms with Crippen molar-refractivity contribution in [2.24, 2.45) is 11.3 Å². The Morgan fingerprint density at radius 2 is 1.69 bits per heavy atom. The summed E-state index contributed by atoms with van der Waals surface area (Å²) in [6, 6.07) is 0. The van der Waals surface area contributed by atoms with Gasteiger partial charge in [-0.2, -0.15) is 0 Å². The Kier molecular flexibility index (Phi) is 2.66. The standard InChI is InChI=1S/C13H22N2O/c16-12(11-9-14-10-11)15-7-5-13(6-8-15)3-1-2-4-13/h11,14H,1-10H2. The zero-order valence-electron chi connectivity index (χ0n) is 10.0. The number of hydrogen-bond donors (Lipinski definition) is 1. The van der Waals surface area contributed by atoms with Gasteiger partial charge in [-0.15, -0.1) is 0 Å². The number of amides is 1. The smallest absolute Gasteiger partial charge is 0.228 e. The first-order valence-corrected chi connectivity index (χ1v) is 6.79. The predicted octanol–water partition coefficient (Wildman–Crippen LogP) is 1.39. The zero-order chi connectivity index (χ0) is 11.0. The van der Waals surface area contributed by atoms with Gasteiger partial charge in [0, 0.05) is 26.2 Å². The predicted molar refractivity (Wildman–Crippen MR) is 63.1 cm³/mol. The summed E-state index contributed by atoms with van der Waals surface area (Å²) in [5.74, 6) is 0.698. The van der Waals surface area contributed by atoms with E-state index in [2.05, 4.69) is 10.2 Å². The van der Waals surface area contributed by atoms with Gasteiger partial charge in [0.2, 0.25) is 5.91 Å². The average molecular weight is 222 g/mol. The fraction of sp³-hybridized carbons (Fsp3) is 0.923. The number of carbonyl (C=O) groups is 1. The fourth-order valence-corrected chi connectivity index (χ4v) is 3.55. The molecule has 1 aliphatic carbocycles. The number of hydrogen-bond acceptors (Lipinski definition) is 2. The maximum Gasteiger partial charge on any atom is 0.228 e. The Hall–Kier alpha value is -0.570. The summed E-state index contributed by atoms with van der Waals surface area (Å²) in [5, 5.41) is 3.18. The molecule has 1 spiro atoms. The van der Waals surface area contributed by atoms with Crippen LogP contribution in [-0.4, -0.2) is 37.0 Å². The molecule has 0 radical (unpaired) electrons. The van der Waals surface area contributed by atoms with Gasteiger partial charge < -0.3 is 10.2 Å². The third-order valence-electron chi connectivity index (χ3n) is 4.93. The average Bonchev–Trinajstić information content (AvgIpc) is 2.65. The first-order valence-electron chi connectivity index (χ1n) is 6.79. The molecule has 3 aliphatic rings. The zero-order valence-corrected chi connectivity index (χ0v) is 10.0. The van der Waals surface area contributed by atoms with Crippen LogP contribution >= 0.6 is 0 Å². The molecular weight excluding hydrogens is 200 g/mol. The minimum Gasteiger partial charge on any atom is -0.342 e. The molecule has 3 rings (SSSR count). The summed E-state index contributed by atoms with van der Waals surface area (Å²) in [6.07, 6.45) is 8.19. The molecule has 2 heterocycles. The summed E-state index contributed by atoms with van der Waals surface area (Å²) in [6.45, 7) is 3.85. The molecule has 0 aromatic heterocycles. The molecule has 2 saturated heterocycles. The van der Waals surface area contributed by atoms with E-state index in [4.69, 9.17) is 0 Å². The molecule has 2 aliphatic heterocycles. The second-order valence-corrected chi connectivity index (χ2v) is 5.89. The molecule has 3 nitrogen and oxygen atoms in total. The van der Waals surface area contributed by atoms with E-state index in [0.29, 0.717) is 11.3 Å². The minimum absolute atomic E-state index is 0.289. The van der Waals surface area contributed by atoms with Crippen LogP contribution in [0.1, 0.15) is 38.5 Å². The normalized spacial score (nSPS) is 29.4. The van der Waals surface area contributed by atoms with Crippen molar-refractivity contribution in [3.8, 4) is 0 Å². The van der Waals surface area contributed by atoms with Gasteiger partial charge in [0.25, 0.3) is 0 Å². The third kappa shape index (κ3) is 1.75. The van der Waals surface area contributed by atoms with Crippen LogP contribution in [0.3, 0.4) is 0 Å². The third-order valence-corrected chi connectivity index (χ3v) is 4.93. The van der Waals surface area contributed by atoms with E-state index in [0.717, 1.165) is 26.2 Å². The highest BCUT2D eigenvalue weighted by atomic mass is 16.2. The molecule has 0 bridgehead atoms. The lowest BCUT2D eigenvalue weighted by molar-refractivity contribution is -0.139. The van der Waals surface area contributed by atoms with Crippen molar-refractivity contribution in [1.82, 2.24) is 10.2 Å². The molecule has 3 heteroatoms. The van der Waals surface area contributed by atoms with Crippen LogP contribution in [0.2, 0.25) is 0 Å². The van der Waals surface area contributed by atoms with Crippen LogP contribution in [0.4, 0.5) is 0 Å². The molecular formula is C13H22N2O. The van der Waals surface area contributed by atoms with Crippen LogP contribution in [0.25, 0.3) is 0 Å². The number of piperidine rings is 1. The summed E-state index contributed by atoms with van der Waals surface area (Å²) < 4.78 is 0. The molecule has 3 fully saturated rings. The van der Waals surface area contributed by atoms with E-state index in [-0.39, 0.29) is 5.92 Å². The molecule has 90 valence electrons. The van der Waals surface area contributed by atoms with Gasteiger partial charge in [0.1, 0.15) is 0 Å². The Balaban J connectivity index is 1.55. The monoisotopic (exact) mass is 222 g/mol. The highest BCUT2D eigenvalue weighted by Crippen LogP contribution is 2.46. The van der Waals surface area contributed by atoms with Crippen LogP contribution in [-0.2, 0) is 4.79 Å². The molecule has 0 atom stereocenters. The first kappa shape index (κ1) is 10.6. The van der Waals surface area contributed by atoms with E-state index in [1.54, 1.807) is 0 Å². The molecule has 1 N–H and O–H groups in total. The van der Waals surface area contributed by atoms with Gasteiger partial charge in [-0.1, -0.05) is 12.8 Å². The molecule has 0 aromatic rings. The SMILES string of the molecule is O=C(C1CNC1)N1CCC2(CCCC2)CC1. The largest absolute Gasteiger partial charge is 0.342 e. The molecule has 0 aromatic carbocycles. The number of nitrogens with one attached hydrogen (secondary N) is 1. The van der Waals surface area contributed by atoms with Crippen LogP contribution in [0.15, 0.2) is 0 Å². The Labute approximate surface area is 97.6 Å². The highest BCUT2D eigenvalue weighted by molar-refractivity contribution is 5.80. The minimum atomic E-state index is 0.289. The number of rotatable bonds is 1. The summed E-state index contributed by atoms with van der Waals surface area (Å²) in [5.41, 5.74) is 0.634. The Morgan fingerprint density at radius 3 is 2.19 bits per heavy atom. The van der Waals surface area contributed by atoms with Crippen molar-refractivity contribution in [3.05, 3.63) is 0 Å². The highest BCUT2D eigenvalue weighted by Gasteiger charge is 2.39. The lowest BCUT2D eigenvalue weighted by atomic mass is 9.77. The maximum absolute atomic E-state index is 12.1. The van der Waals surface area contributed by atoms with Crippen molar-refractivity contribution < 1.29 is 4.79 Å². The van der Waals surface area contributed by atoms with Gasteiger partial charge in [0.05, 0.1) is 5.92 Å². The van der Waals surface area contributed by atoms with Crippen LogP contribution < -0.4 is 5.32 Å². The van der Waals surface area contributed by atoms with E-state index in [1.807, 2.05) is 0 Å². The second kappa shape index (κ2) is 4.02. The van der Waals surface area contributed by atoms with Crippen molar-refractivity contribution in [2.75, 3.05) is 26.2 Å². The lowest BCUT2D eigenvalue weighted by Gasteiger charge is -2.41. The first-order chi connectivity index (χ1) is 7.79. The van der Waals surface area contributed by atoms with E-state index < -0.39 is 0 Å². The number of carbonyl (C=O) groups excluding carboxylic acids is 1. The van der Waals surface area contributed by atoms with Crippen molar-refractivity contribution in [1.29, 1.82) is 0 Å². The van der Waals surface area contributed by atoms with E-state index in [1.165, 1.54) is 38.5 Å². The fourth-order valence-electron chi connectivity index (χ4n) is 3.55. The molecule has 1 amide bonds. The summed E-state index contributed by atoms with van der Waals surface area (Å²) in [7, 11) is 0. The summed E-state index contributed by atoms with van der Waals surface area (Å²) >= 11 is 0. The Morgan fingerprint density at radius 1 is 1.06 bits per heavy atom. The molecule has 16 heavy (non-hydrogen) atoms. The lowest BCUT2D eigenvalue weighted by Crippen LogP contribution is -2.54. The quantitative estimate of drug-likeness (QED) is 0.727. The van der Waals surface area contributed by atoms with Gasteiger partial charge in [0.15, 0.2) is 0 Å². The topological polar surface area (TPSA) is 32.3 Å².